The van der Waals surface area contributed by atoms with Gasteiger partial charge in [-0.1, -0.05) is 32.5 Å². The van der Waals surface area contributed by atoms with Crippen LogP contribution in [0, 0.1) is 5.92 Å². The number of rotatable bonds is 5. The first-order valence-corrected chi connectivity index (χ1v) is 10.3. The van der Waals surface area contributed by atoms with Gasteiger partial charge in [-0.25, -0.2) is 9.97 Å². The van der Waals surface area contributed by atoms with Crippen molar-refractivity contribution in [2.75, 3.05) is 18.0 Å². The topological polar surface area (TPSA) is 85.3 Å². The Morgan fingerprint density at radius 2 is 2.16 bits per heavy atom. The predicted molar refractivity (Wildman–Crippen MR) is 101 cm³/mol. The minimum absolute atomic E-state index is 0.00657. The number of aromatic nitrogens is 2. The molecule has 1 saturated heterocycles. The molecule has 3 heterocycles. The molecule has 136 valence electrons. The standard InChI is InChI=1S/C17H24N4O2S2/c1-17(2,3)12-8-19-13(23-12)9-24-14-10-25-16(20-14)21-6-4-11(5-7-21)15(18)22/h8,10-11H,4-7,9H2,1-3H3,(H2,18,22). The van der Waals surface area contributed by atoms with Gasteiger partial charge in [-0.05, 0) is 12.8 Å². The third-order valence-electron chi connectivity index (χ3n) is 4.28. The summed E-state index contributed by atoms with van der Waals surface area (Å²) in [6, 6.07) is 0. The molecule has 1 fully saturated rings. The second-order valence-electron chi connectivity index (χ2n) is 7.29. The number of anilines is 1. The third-order valence-corrected chi connectivity index (χ3v) is 6.22. The third kappa shape index (κ3) is 4.55. The molecular formula is C17H24N4O2S2. The van der Waals surface area contributed by atoms with Crippen molar-refractivity contribution in [3.05, 3.63) is 23.2 Å². The van der Waals surface area contributed by atoms with Gasteiger partial charge in [0.15, 0.2) is 5.13 Å². The van der Waals surface area contributed by atoms with E-state index in [0.29, 0.717) is 5.75 Å². The second-order valence-corrected chi connectivity index (χ2v) is 9.12. The predicted octanol–water partition coefficient (Wildman–Crippen LogP) is 3.42. The number of carbonyl (C=O) groups excluding carboxylic acids is 1. The Morgan fingerprint density at radius 3 is 2.76 bits per heavy atom. The number of carbonyl (C=O) groups is 1. The Kier molecular flexibility index (Phi) is 5.38. The maximum absolute atomic E-state index is 11.3. The van der Waals surface area contributed by atoms with E-state index in [1.54, 1.807) is 23.1 Å². The highest BCUT2D eigenvalue weighted by molar-refractivity contribution is 7.98. The maximum atomic E-state index is 11.3. The van der Waals surface area contributed by atoms with Crippen LogP contribution in [-0.2, 0) is 16.0 Å². The number of amides is 1. The van der Waals surface area contributed by atoms with Crippen LogP contribution in [0.15, 0.2) is 21.0 Å². The summed E-state index contributed by atoms with van der Waals surface area (Å²) in [4.78, 5) is 22.5. The van der Waals surface area contributed by atoms with E-state index in [1.165, 1.54) is 0 Å². The smallest absolute Gasteiger partial charge is 0.220 e. The molecule has 1 aliphatic heterocycles. The zero-order valence-electron chi connectivity index (χ0n) is 14.8. The molecule has 0 spiro atoms. The van der Waals surface area contributed by atoms with E-state index in [0.717, 1.165) is 47.7 Å². The molecule has 2 aromatic rings. The summed E-state index contributed by atoms with van der Waals surface area (Å²) in [5.74, 6) is 2.12. The Bertz CT molecular complexity index is 727. The molecule has 0 aliphatic carbocycles. The van der Waals surface area contributed by atoms with Crippen LogP contribution in [0.25, 0.3) is 0 Å². The molecule has 2 N–H and O–H groups in total. The van der Waals surface area contributed by atoms with Gasteiger partial charge in [0.2, 0.25) is 11.8 Å². The highest BCUT2D eigenvalue weighted by Gasteiger charge is 2.25. The highest BCUT2D eigenvalue weighted by Crippen LogP contribution is 2.32. The van der Waals surface area contributed by atoms with Gasteiger partial charge >= 0.3 is 0 Å². The second kappa shape index (κ2) is 7.37. The number of thiazole rings is 1. The fourth-order valence-corrected chi connectivity index (χ4v) is 4.45. The first kappa shape index (κ1) is 18.3. The number of piperidine rings is 1. The Labute approximate surface area is 156 Å². The lowest BCUT2D eigenvalue weighted by molar-refractivity contribution is -0.122. The van der Waals surface area contributed by atoms with Gasteiger partial charge in [0.1, 0.15) is 10.8 Å². The number of nitrogens with two attached hydrogens (primary N) is 1. The molecule has 0 saturated carbocycles. The largest absolute Gasteiger partial charge is 0.444 e. The summed E-state index contributed by atoms with van der Waals surface area (Å²) in [5.41, 5.74) is 5.36. The summed E-state index contributed by atoms with van der Waals surface area (Å²) in [7, 11) is 0. The van der Waals surface area contributed by atoms with Gasteiger partial charge in [0.25, 0.3) is 0 Å². The summed E-state index contributed by atoms with van der Waals surface area (Å²) in [6.07, 6.45) is 3.43. The lowest BCUT2D eigenvalue weighted by atomic mass is 9.94. The number of nitrogens with zero attached hydrogens (tertiary/aromatic N) is 3. The SMILES string of the molecule is CC(C)(C)c1cnc(CSc2csc(N3CCC(C(N)=O)CC3)n2)o1. The van der Waals surface area contributed by atoms with Crippen LogP contribution in [0.3, 0.4) is 0 Å². The molecule has 0 bridgehead atoms. The summed E-state index contributed by atoms with van der Waals surface area (Å²) >= 11 is 3.27. The number of primary amides is 1. The van der Waals surface area contributed by atoms with E-state index in [2.05, 4.69) is 36.0 Å². The van der Waals surface area contributed by atoms with Gasteiger partial charge in [-0.2, -0.15) is 0 Å². The molecule has 2 aromatic heterocycles. The van der Waals surface area contributed by atoms with Gasteiger partial charge in [-0.3, -0.25) is 4.79 Å². The van der Waals surface area contributed by atoms with Crippen molar-refractivity contribution in [1.29, 1.82) is 0 Å². The molecule has 25 heavy (non-hydrogen) atoms. The highest BCUT2D eigenvalue weighted by atomic mass is 32.2. The van der Waals surface area contributed by atoms with Crippen LogP contribution in [0.4, 0.5) is 5.13 Å². The summed E-state index contributed by atoms with van der Waals surface area (Å²) in [5, 5.41) is 4.05. The molecule has 0 atom stereocenters. The van der Waals surface area contributed by atoms with Crippen molar-refractivity contribution in [3.8, 4) is 0 Å². The first-order chi connectivity index (χ1) is 11.8. The van der Waals surface area contributed by atoms with Crippen molar-refractivity contribution < 1.29 is 9.21 Å². The average molecular weight is 381 g/mol. The van der Waals surface area contributed by atoms with E-state index in [9.17, 15) is 4.79 Å². The Balaban J connectivity index is 1.54. The van der Waals surface area contributed by atoms with Crippen LogP contribution < -0.4 is 10.6 Å². The summed E-state index contributed by atoms with van der Waals surface area (Å²) < 4.78 is 5.82. The Hall–Kier alpha value is -1.54. The quantitative estimate of drug-likeness (QED) is 0.800. The van der Waals surface area contributed by atoms with Gasteiger partial charge in [-0.15, -0.1) is 11.3 Å². The number of thioether (sulfide) groups is 1. The molecule has 6 nitrogen and oxygen atoms in total. The maximum Gasteiger partial charge on any atom is 0.220 e. The molecule has 1 aliphatic rings. The lowest BCUT2D eigenvalue weighted by Crippen LogP contribution is -2.38. The van der Waals surface area contributed by atoms with Crippen LogP contribution >= 0.6 is 23.1 Å². The van der Waals surface area contributed by atoms with Crippen molar-refractivity contribution in [1.82, 2.24) is 9.97 Å². The van der Waals surface area contributed by atoms with Crippen LogP contribution in [-0.4, -0.2) is 29.0 Å². The van der Waals surface area contributed by atoms with E-state index >= 15 is 0 Å². The van der Waals surface area contributed by atoms with Crippen molar-refractivity contribution >= 4 is 34.1 Å². The van der Waals surface area contributed by atoms with Gasteiger partial charge in [0.05, 0.1) is 11.9 Å². The number of hydrogen-bond acceptors (Lipinski definition) is 7. The van der Waals surface area contributed by atoms with E-state index < -0.39 is 0 Å². The molecule has 0 unspecified atom stereocenters. The fraction of sp³-hybridized carbons (Fsp3) is 0.588. The minimum atomic E-state index is -0.185. The first-order valence-electron chi connectivity index (χ1n) is 8.40. The molecular weight excluding hydrogens is 356 g/mol. The monoisotopic (exact) mass is 380 g/mol. The average Bonchev–Trinajstić information content (AvgIpc) is 3.22. The van der Waals surface area contributed by atoms with Crippen LogP contribution in [0.2, 0.25) is 0 Å². The molecule has 0 aromatic carbocycles. The van der Waals surface area contributed by atoms with Crippen LogP contribution in [0.1, 0.15) is 45.3 Å². The fourth-order valence-electron chi connectivity index (χ4n) is 2.68. The van der Waals surface area contributed by atoms with Crippen molar-refractivity contribution in [2.45, 2.75) is 49.8 Å². The van der Waals surface area contributed by atoms with Gasteiger partial charge in [0, 0.05) is 29.8 Å². The zero-order valence-corrected chi connectivity index (χ0v) is 16.5. The molecule has 1 amide bonds. The van der Waals surface area contributed by atoms with E-state index in [-0.39, 0.29) is 17.2 Å². The van der Waals surface area contributed by atoms with Crippen molar-refractivity contribution in [2.24, 2.45) is 11.7 Å². The zero-order chi connectivity index (χ0) is 18.0. The number of oxazole rings is 1. The number of hydrogen-bond donors (Lipinski definition) is 1. The lowest BCUT2D eigenvalue weighted by Gasteiger charge is -2.30. The van der Waals surface area contributed by atoms with Gasteiger partial charge < -0.3 is 15.1 Å². The molecule has 0 radical (unpaired) electrons. The molecule has 3 rings (SSSR count). The molecule has 8 heteroatoms. The van der Waals surface area contributed by atoms with Crippen molar-refractivity contribution in [3.63, 3.8) is 0 Å². The normalized spacial score (nSPS) is 16.4. The van der Waals surface area contributed by atoms with E-state index in [4.69, 9.17) is 15.1 Å². The minimum Gasteiger partial charge on any atom is -0.444 e. The van der Waals surface area contributed by atoms with Crippen LogP contribution in [0.5, 0.6) is 0 Å². The summed E-state index contributed by atoms with van der Waals surface area (Å²) in [6.45, 7) is 8.00. The Morgan fingerprint density at radius 1 is 1.44 bits per heavy atom. The van der Waals surface area contributed by atoms with E-state index in [1.807, 2.05) is 6.20 Å².